The largest absolute Gasteiger partial charge is 0.480 e. The van der Waals surface area contributed by atoms with Crippen molar-refractivity contribution in [3.8, 4) is 0 Å². The van der Waals surface area contributed by atoms with Gasteiger partial charge in [-0.15, -0.1) is 0 Å². The average molecular weight is 204 g/mol. The SMILES string of the molecule is Cn1cc(Cl)c(C[C@@H](N)C(=O)O)n1. The van der Waals surface area contributed by atoms with Crippen LogP contribution in [0, 0.1) is 0 Å². The molecule has 72 valence electrons. The Morgan fingerprint density at radius 1 is 1.92 bits per heavy atom. The second-order valence-corrected chi connectivity index (χ2v) is 3.15. The van der Waals surface area contributed by atoms with Crippen molar-refractivity contribution in [3.63, 3.8) is 0 Å². The first-order chi connectivity index (χ1) is 6.00. The van der Waals surface area contributed by atoms with E-state index in [-0.39, 0.29) is 6.42 Å². The normalized spacial score (nSPS) is 12.8. The zero-order valence-corrected chi connectivity index (χ0v) is 7.82. The number of hydrogen-bond donors (Lipinski definition) is 2. The van der Waals surface area contributed by atoms with E-state index in [9.17, 15) is 4.79 Å². The summed E-state index contributed by atoms with van der Waals surface area (Å²) in [4.78, 5) is 10.4. The Bertz CT molecular complexity index is 324. The minimum absolute atomic E-state index is 0.148. The summed E-state index contributed by atoms with van der Waals surface area (Å²) >= 11 is 5.76. The number of nitrogens with two attached hydrogens (primary N) is 1. The number of aromatic nitrogens is 2. The topological polar surface area (TPSA) is 81.1 Å². The molecule has 0 bridgehead atoms. The van der Waals surface area contributed by atoms with Crippen molar-refractivity contribution < 1.29 is 9.90 Å². The third-order valence-electron chi connectivity index (χ3n) is 1.58. The molecule has 1 rings (SSSR count). The van der Waals surface area contributed by atoms with Gasteiger partial charge < -0.3 is 10.8 Å². The highest BCUT2D eigenvalue weighted by atomic mass is 35.5. The minimum atomic E-state index is -1.05. The number of halogens is 1. The van der Waals surface area contributed by atoms with E-state index in [1.807, 2.05) is 0 Å². The molecule has 0 aliphatic carbocycles. The van der Waals surface area contributed by atoms with Crippen LogP contribution in [0.25, 0.3) is 0 Å². The predicted octanol–water partition coefficient (Wildman–Crippen LogP) is 0.0279. The Morgan fingerprint density at radius 2 is 2.54 bits per heavy atom. The first kappa shape index (κ1) is 10.0. The lowest BCUT2D eigenvalue weighted by Gasteiger charge is -2.02. The lowest BCUT2D eigenvalue weighted by Crippen LogP contribution is -2.32. The van der Waals surface area contributed by atoms with E-state index in [1.54, 1.807) is 13.2 Å². The van der Waals surface area contributed by atoms with Gasteiger partial charge in [-0.05, 0) is 0 Å². The van der Waals surface area contributed by atoms with E-state index >= 15 is 0 Å². The first-order valence-corrected chi connectivity index (χ1v) is 4.05. The summed E-state index contributed by atoms with van der Waals surface area (Å²) in [5, 5.41) is 13.0. The van der Waals surface area contributed by atoms with E-state index in [1.165, 1.54) is 4.68 Å². The molecule has 1 aromatic rings. The van der Waals surface area contributed by atoms with E-state index in [0.29, 0.717) is 10.7 Å². The standard InChI is InChI=1S/C7H10ClN3O2/c1-11-3-4(8)6(10-11)2-5(9)7(12)13/h3,5H,2,9H2,1H3,(H,12,13)/t5-/m1/s1. The van der Waals surface area contributed by atoms with E-state index < -0.39 is 12.0 Å². The molecule has 0 saturated carbocycles. The van der Waals surface area contributed by atoms with E-state index in [2.05, 4.69) is 5.10 Å². The molecular formula is C7H10ClN3O2. The van der Waals surface area contributed by atoms with Crippen LogP contribution >= 0.6 is 11.6 Å². The van der Waals surface area contributed by atoms with Gasteiger partial charge in [-0.1, -0.05) is 11.6 Å². The van der Waals surface area contributed by atoms with Crippen LogP contribution in [0.4, 0.5) is 0 Å². The van der Waals surface area contributed by atoms with Crippen molar-refractivity contribution in [3.05, 3.63) is 16.9 Å². The zero-order valence-electron chi connectivity index (χ0n) is 7.07. The second-order valence-electron chi connectivity index (χ2n) is 2.75. The summed E-state index contributed by atoms with van der Waals surface area (Å²) in [6.45, 7) is 0. The summed E-state index contributed by atoms with van der Waals surface area (Å²) < 4.78 is 1.52. The van der Waals surface area contributed by atoms with Gasteiger partial charge in [0, 0.05) is 19.7 Å². The molecule has 0 amide bonds. The lowest BCUT2D eigenvalue weighted by molar-refractivity contribution is -0.138. The molecule has 0 saturated heterocycles. The van der Waals surface area contributed by atoms with Crippen LogP contribution in [-0.4, -0.2) is 26.9 Å². The van der Waals surface area contributed by atoms with Gasteiger partial charge in [0.2, 0.25) is 0 Å². The molecule has 6 heteroatoms. The molecule has 1 aromatic heterocycles. The zero-order chi connectivity index (χ0) is 10.0. The highest BCUT2D eigenvalue weighted by molar-refractivity contribution is 6.31. The third-order valence-corrected chi connectivity index (χ3v) is 1.90. The maximum atomic E-state index is 10.4. The lowest BCUT2D eigenvalue weighted by atomic mass is 10.2. The molecule has 1 atom stereocenters. The fraction of sp³-hybridized carbons (Fsp3) is 0.429. The smallest absolute Gasteiger partial charge is 0.320 e. The van der Waals surface area contributed by atoms with Crippen molar-refractivity contribution in [2.75, 3.05) is 0 Å². The summed E-state index contributed by atoms with van der Waals surface area (Å²) in [6, 6.07) is -0.951. The molecular weight excluding hydrogens is 194 g/mol. The van der Waals surface area contributed by atoms with Crippen molar-refractivity contribution in [2.24, 2.45) is 12.8 Å². The molecule has 1 heterocycles. The molecule has 0 fully saturated rings. The summed E-state index contributed by atoms with van der Waals surface area (Å²) in [7, 11) is 1.71. The van der Waals surface area contributed by atoms with Crippen LogP contribution in [-0.2, 0) is 18.3 Å². The number of carbonyl (C=O) groups is 1. The summed E-state index contributed by atoms with van der Waals surface area (Å²) in [5.41, 5.74) is 5.83. The monoisotopic (exact) mass is 203 g/mol. The summed E-state index contributed by atoms with van der Waals surface area (Å²) in [5.74, 6) is -1.05. The number of carboxylic acid groups (broad SMARTS) is 1. The fourth-order valence-corrected chi connectivity index (χ4v) is 1.20. The maximum absolute atomic E-state index is 10.4. The minimum Gasteiger partial charge on any atom is -0.480 e. The Balaban J connectivity index is 2.74. The van der Waals surface area contributed by atoms with Crippen LogP contribution in [0.2, 0.25) is 5.02 Å². The van der Waals surface area contributed by atoms with Gasteiger partial charge in [-0.3, -0.25) is 9.48 Å². The Labute approximate surface area is 80.1 Å². The molecule has 13 heavy (non-hydrogen) atoms. The van der Waals surface area contributed by atoms with Crippen molar-refractivity contribution in [1.82, 2.24) is 9.78 Å². The number of aliphatic carboxylic acids is 1. The number of aryl methyl sites for hydroxylation is 1. The molecule has 0 unspecified atom stereocenters. The number of hydrogen-bond acceptors (Lipinski definition) is 3. The van der Waals surface area contributed by atoms with Gasteiger partial charge in [0.05, 0.1) is 10.7 Å². The molecule has 5 nitrogen and oxygen atoms in total. The van der Waals surface area contributed by atoms with E-state index in [0.717, 1.165) is 0 Å². The van der Waals surface area contributed by atoms with Crippen molar-refractivity contribution in [2.45, 2.75) is 12.5 Å². The predicted molar refractivity (Wildman–Crippen MR) is 47.5 cm³/mol. The second kappa shape index (κ2) is 3.76. The molecule has 0 aliphatic rings. The molecule has 0 aromatic carbocycles. The van der Waals surface area contributed by atoms with Crippen LogP contribution in [0.15, 0.2) is 6.20 Å². The maximum Gasteiger partial charge on any atom is 0.320 e. The fourth-order valence-electron chi connectivity index (χ4n) is 0.940. The Kier molecular flexibility index (Phi) is 2.90. The van der Waals surface area contributed by atoms with Gasteiger partial charge in [0.25, 0.3) is 0 Å². The van der Waals surface area contributed by atoms with Crippen LogP contribution in [0.5, 0.6) is 0 Å². The van der Waals surface area contributed by atoms with Crippen molar-refractivity contribution >= 4 is 17.6 Å². The van der Waals surface area contributed by atoms with Crippen molar-refractivity contribution in [1.29, 1.82) is 0 Å². The highest BCUT2D eigenvalue weighted by Crippen LogP contribution is 2.14. The van der Waals surface area contributed by atoms with Crippen LogP contribution in [0.3, 0.4) is 0 Å². The van der Waals surface area contributed by atoms with Crippen LogP contribution in [0.1, 0.15) is 5.69 Å². The summed E-state index contributed by atoms with van der Waals surface area (Å²) in [6.07, 6.45) is 1.75. The average Bonchev–Trinajstić information content (AvgIpc) is 2.30. The molecule has 0 radical (unpaired) electrons. The van der Waals surface area contributed by atoms with Gasteiger partial charge in [0.15, 0.2) is 0 Å². The molecule has 3 N–H and O–H groups in total. The van der Waals surface area contributed by atoms with Crippen LogP contribution < -0.4 is 5.73 Å². The Hall–Kier alpha value is -1.07. The quantitative estimate of drug-likeness (QED) is 0.726. The first-order valence-electron chi connectivity index (χ1n) is 3.67. The number of carboxylic acids is 1. The molecule has 0 aliphatic heterocycles. The highest BCUT2D eigenvalue weighted by Gasteiger charge is 2.16. The van der Waals surface area contributed by atoms with E-state index in [4.69, 9.17) is 22.4 Å². The van der Waals surface area contributed by atoms with Gasteiger partial charge in [0.1, 0.15) is 6.04 Å². The number of rotatable bonds is 3. The van der Waals surface area contributed by atoms with Gasteiger partial charge >= 0.3 is 5.97 Å². The molecule has 0 spiro atoms. The van der Waals surface area contributed by atoms with Gasteiger partial charge in [-0.2, -0.15) is 5.10 Å². The third kappa shape index (κ3) is 2.43. The number of nitrogens with zero attached hydrogens (tertiary/aromatic N) is 2. The van der Waals surface area contributed by atoms with Gasteiger partial charge in [-0.25, -0.2) is 0 Å². The Morgan fingerprint density at radius 3 is 2.92 bits per heavy atom.